The summed E-state index contributed by atoms with van der Waals surface area (Å²) in [6, 6.07) is 9.71. The van der Waals surface area contributed by atoms with E-state index < -0.39 is 5.63 Å². The fourth-order valence-electron chi connectivity index (χ4n) is 3.22. The van der Waals surface area contributed by atoms with Crippen molar-refractivity contribution in [3.8, 4) is 5.75 Å². The van der Waals surface area contributed by atoms with Gasteiger partial charge in [-0.15, -0.1) is 0 Å². The summed E-state index contributed by atoms with van der Waals surface area (Å²) in [6.07, 6.45) is 4.49. The molecule has 2 heterocycles. The van der Waals surface area contributed by atoms with Crippen LogP contribution in [-0.4, -0.2) is 17.3 Å². The van der Waals surface area contributed by atoms with Gasteiger partial charge in [-0.3, -0.25) is 0 Å². The van der Waals surface area contributed by atoms with Gasteiger partial charge < -0.3 is 14.3 Å². The summed E-state index contributed by atoms with van der Waals surface area (Å²) in [5.41, 5.74) is 0.940. The number of unbranched alkanes of at least 4 members (excludes halogenated alkanes) is 1. The number of hydrogen-bond acceptors (Lipinski definition) is 4. The molecule has 132 valence electrons. The molecule has 1 N–H and O–H groups in total. The summed E-state index contributed by atoms with van der Waals surface area (Å²) in [7, 11) is 0. The minimum absolute atomic E-state index is 0.0168. The van der Waals surface area contributed by atoms with Crippen molar-refractivity contribution in [1.82, 2.24) is 0 Å². The molecule has 0 bridgehead atoms. The zero-order valence-electron chi connectivity index (χ0n) is 14.7. The highest BCUT2D eigenvalue weighted by Crippen LogP contribution is 2.37. The highest BCUT2D eigenvalue weighted by atomic mass is 16.6. The van der Waals surface area contributed by atoms with E-state index in [0.717, 1.165) is 18.4 Å². The standard InChI is InChI=1S/C21H24O4/c1-4-5-11-16-13(2)25-21(23)19(20(16)22)17(12-18-14(3)24-18)15-9-7-6-8-10-15/h6-11,14,17-18,22H,2,4-5,12H2,1,3H3/b16-11+/t14-,17+,18+/m1/s1. The molecule has 2 aromatic rings. The van der Waals surface area contributed by atoms with Crippen LogP contribution < -0.4 is 16.3 Å². The molecule has 1 aromatic carbocycles. The van der Waals surface area contributed by atoms with E-state index in [4.69, 9.17) is 9.15 Å². The minimum atomic E-state index is -0.529. The van der Waals surface area contributed by atoms with E-state index in [0.29, 0.717) is 17.2 Å². The minimum Gasteiger partial charge on any atom is -0.507 e. The van der Waals surface area contributed by atoms with Gasteiger partial charge in [0.05, 0.1) is 23.0 Å². The molecule has 1 aliphatic rings. The fraction of sp³-hybridized carbons (Fsp3) is 0.381. The van der Waals surface area contributed by atoms with Crippen LogP contribution in [-0.2, 0) is 4.74 Å². The lowest BCUT2D eigenvalue weighted by Gasteiger charge is -2.17. The third kappa shape index (κ3) is 3.69. The van der Waals surface area contributed by atoms with E-state index in [-0.39, 0.29) is 29.3 Å². The van der Waals surface area contributed by atoms with Crippen molar-refractivity contribution in [2.24, 2.45) is 0 Å². The van der Waals surface area contributed by atoms with E-state index >= 15 is 0 Å². The second-order valence-electron chi connectivity index (χ2n) is 6.56. The van der Waals surface area contributed by atoms with Crippen LogP contribution in [0.5, 0.6) is 5.75 Å². The Morgan fingerprint density at radius 2 is 2.00 bits per heavy atom. The van der Waals surface area contributed by atoms with E-state index in [9.17, 15) is 9.90 Å². The van der Waals surface area contributed by atoms with Gasteiger partial charge in [-0.25, -0.2) is 4.79 Å². The molecular weight excluding hydrogens is 316 g/mol. The molecule has 0 amide bonds. The molecule has 4 nitrogen and oxygen atoms in total. The first-order chi connectivity index (χ1) is 12.0. The lowest BCUT2D eigenvalue weighted by Crippen LogP contribution is -2.32. The Labute approximate surface area is 147 Å². The van der Waals surface area contributed by atoms with Crippen LogP contribution in [0, 0.1) is 0 Å². The Kier molecular flexibility index (Phi) is 5.09. The van der Waals surface area contributed by atoms with Gasteiger partial charge in [-0.2, -0.15) is 0 Å². The van der Waals surface area contributed by atoms with Crippen molar-refractivity contribution in [3.63, 3.8) is 0 Å². The quantitative estimate of drug-likeness (QED) is 0.821. The lowest BCUT2D eigenvalue weighted by atomic mass is 9.87. The van der Waals surface area contributed by atoms with Gasteiger partial charge in [0.15, 0.2) is 0 Å². The van der Waals surface area contributed by atoms with Crippen molar-refractivity contribution in [2.45, 2.75) is 51.2 Å². The number of epoxide rings is 1. The molecule has 1 saturated heterocycles. The summed E-state index contributed by atoms with van der Waals surface area (Å²) in [5.74, 6) is -0.293. The van der Waals surface area contributed by atoms with E-state index in [1.54, 1.807) is 0 Å². The molecular formula is C21H24O4. The number of aromatic hydroxyl groups is 1. The molecule has 0 radical (unpaired) electrons. The topological polar surface area (TPSA) is 63.0 Å². The Balaban J connectivity index is 2.15. The van der Waals surface area contributed by atoms with Crippen LogP contribution in [0.2, 0.25) is 0 Å². The molecule has 1 aromatic heterocycles. The maximum atomic E-state index is 12.6. The van der Waals surface area contributed by atoms with Crippen molar-refractivity contribution in [2.75, 3.05) is 0 Å². The zero-order valence-corrected chi connectivity index (χ0v) is 14.7. The third-order valence-electron chi connectivity index (χ3n) is 4.74. The average molecular weight is 340 g/mol. The second-order valence-corrected chi connectivity index (χ2v) is 6.56. The molecule has 3 rings (SSSR count). The first-order valence-corrected chi connectivity index (χ1v) is 8.78. The largest absolute Gasteiger partial charge is 0.507 e. The van der Waals surface area contributed by atoms with Crippen molar-refractivity contribution < 1.29 is 14.3 Å². The number of rotatable bonds is 6. The Hall–Kier alpha value is -2.33. The summed E-state index contributed by atoms with van der Waals surface area (Å²) in [4.78, 5) is 12.6. The van der Waals surface area contributed by atoms with Gasteiger partial charge in [0, 0.05) is 5.92 Å². The molecule has 3 atom stereocenters. The molecule has 4 heteroatoms. The smallest absolute Gasteiger partial charge is 0.343 e. The predicted octanol–water partition coefficient (Wildman–Crippen LogP) is 2.65. The molecule has 1 aliphatic heterocycles. The summed E-state index contributed by atoms with van der Waals surface area (Å²) >= 11 is 0. The van der Waals surface area contributed by atoms with Gasteiger partial charge in [-0.1, -0.05) is 56.3 Å². The van der Waals surface area contributed by atoms with Gasteiger partial charge in [0.25, 0.3) is 0 Å². The van der Waals surface area contributed by atoms with E-state index in [1.165, 1.54) is 0 Å². The van der Waals surface area contributed by atoms with E-state index in [2.05, 4.69) is 13.5 Å². The van der Waals surface area contributed by atoms with Crippen molar-refractivity contribution in [3.05, 3.63) is 62.5 Å². The number of benzene rings is 1. The SMILES string of the molecule is C=c1oc(=O)c([C@@H](C[C@@H]2O[C@@H]2C)c2ccccc2)c(O)/c1=C/CCC. The highest BCUT2D eigenvalue weighted by molar-refractivity contribution is 5.43. The molecule has 0 aliphatic carbocycles. The molecule has 0 saturated carbocycles. The summed E-state index contributed by atoms with van der Waals surface area (Å²) in [6.45, 7) is 7.83. The van der Waals surface area contributed by atoms with Crippen LogP contribution >= 0.6 is 0 Å². The van der Waals surface area contributed by atoms with Crippen molar-refractivity contribution in [1.29, 1.82) is 0 Å². The molecule has 1 fully saturated rings. The molecule has 0 spiro atoms. The Bertz CT molecular complexity index is 898. The summed E-state index contributed by atoms with van der Waals surface area (Å²) < 4.78 is 10.9. The highest BCUT2D eigenvalue weighted by Gasteiger charge is 2.38. The summed E-state index contributed by atoms with van der Waals surface area (Å²) in [5, 5.41) is 11.4. The fourth-order valence-corrected chi connectivity index (χ4v) is 3.22. The monoisotopic (exact) mass is 340 g/mol. The Morgan fingerprint density at radius 1 is 1.32 bits per heavy atom. The van der Waals surface area contributed by atoms with Crippen molar-refractivity contribution >= 4 is 12.7 Å². The van der Waals surface area contributed by atoms with Crippen LogP contribution in [0.1, 0.15) is 50.2 Å². The number of hydrogen-bond donors (Lipinski definition) is 1. The maximum Gasteiger partial charge on any atom is 0.343 e. The first kappa shape index (κ1) is 17.5. The first-order valence-electron chi connectivity index (χ1n) is 8.78. The van der Waals surface area contributed by atoms with Crippen LogP contribution in [0.25, 0.3) is 12.7 Å². The predicted molar refractivity (Wildman–Crippen MR) is 98.0 cm³/mol. The molecule has 25 heavy (non-hydrogen) atoms. The van der Waals surface area contributed by atoms with Crippen LogP contribution in [0.4, 0.5) is 0 Å². The van der Waals surface area contributed by atoms with Gasteiger partial charge in [-0.05, 0) is 25.3 Å². The van der Waals surface area contributed by atoms with Crippen LogP contribution in [0.15, 0.2) is 39.5 Å². The third-order valence-corrected chi connectivity index (χ3v) is 4.74. The van der Waals surface area contributed by atoms with Gasteiger partial charge in [0.1, 0.15) is 11.2 Å². The number of ether oxygens (including phenoxy) is 1. The zero-order chi connectivity index (χ0) is 18.0. The lowest BCUT2D eigenvalue weighted by molar-refractivity contribution is 0.358. The van der Waals surface area contributed by atoms with Crippen LogP contribution in [0.3, 0.4) is 0 Å². The molecule has 0 unspecified atom stereocenters. The van der Waals surface area contributed by atoms with E-state index in [1.807, 2.05) is 43.3 Å². The second kappa shape index (κ2) is 7.28. The van der Waals surface area contributed by atoms with Gasteiger partial charge in [0.2, 0.25) is 0 Å². The van der Waals surface area contributed by atoms with Gasteiger partial charge >= 0.3 is 5.63 Å². The Morgan fingerprint density at radius 3 is 2.60 bits per heavy atom. The average Bonchev–Trinajstić information content (AvgIpc) is 3.29. The maximum absolute atomic E-state index is 12.6. The normalized spacial score (nSPS) is 21.3.